The summed E-state index contributed by atoms with van der Waals surface area (Å²) in [5.74, 6) is 0.772. The minimum absolute atomic E-state index is 0.0754. The van der Waals surface area contributed by atoms with Gasteiger partial charge < -0.3 is 5.73 Å². The van der Waals surface area contributed by atoms with Gasteiger partial charge in [-0.2, -0.15) is 5.26 Å². The predicted octanol–water partition coefficient (Wildman–Crippen LogP) is 0.811. The lowest BCUT2D eigenvalue weighted by Gasteiger charge is -1.97. The molecule has 0 saturated heterocycles. The molecule has 8 heteroatoms. The van der Waals surface area contributed by atoms with Crippen LogP contribution in [-0.2, 0) is 5.75 Å². The molecule has 0 amide bonds. The molecule has 1 aromatic carbocycles. The third-order valence-corrected chi connectivity index (χ3v) is 3.84. The maximum absolute atomic E-state index is 11.7. The smallest absolute Gasteiger partial charge is 0.310 e. The van der Waals surface area contributed by atoms with E-state index in [0.29, 0.717) is 22.5 Å². The van der Waals surface area contributed by atoms with Crippen LogP contribution in [0, 0.1) is 11.3 Å². The lowest BCUT2D eigenvalue weighted by Crippen LogP contribution is -2.13. The molecule has 0 spiro atoms. The van der Waals surface area contributed by atoms with Gasteiger partial charge in [0, 0.05) is 5.75 Å². The van der Waals surface area contributed by atoms with Crippen molar-refractivity contribution in [2.45, 2.75) is 10.9 Å². The predicted molar refractivity (Wildman–Crippen MR) is 78.4 cm³/mol. The van der Waals surface area contributed by atoms with Gasteiger partial charge in [-0.05, 0) is 17.7 Å². The van der Waals surface area contributed by atoms with E-state index in [0.717, 1.165) is 10.7 Å². The molecule has 2 heterocycles. The molecule has 5 N–H and O–H groups in total. The van der Waals surface area contributed by atoms with Gasteiger partial charge in [0.05, 0.1) is 11.6 Å². The van der Waals surface area contributed by atoms with Gasteiger partial charge in [-0.1, -0.05) is 28.9 Å². The quantitative estimate of drug-likeness (QED) is 0.617. The maximum atomic E-state index is 11.7. The van der Waals surface area contributed by atoms with Crippen molar-refractivity contribution in [1.29, 1.82) is 5.26 Å². The Morgan fingerprint density at radius 2 is 2.10 bits per heavy atom. The number of hydrogen-bond donors (Lipinski definition) is 3. The SMILES string of the molecule is N#Cc1ccc(CSc2[nH]c3c(=O)[nH]c(N)nc3[nH+]2)cc1. The number of fused-ring (bicyclic) bond motifs is 1. The fraction of sp³-hybridized carbons (Fsp3) is 0.0769. The number of benzene rings is 1. The average molecular weight is 299 g/mol. The Labute approximate surface area is 123 Å². The molecule has 0 aliphatic carbocycles. The normalized spacial score (nSPS) is 10.6. The van der Waals surface area contributed by atoms with Crippen LogP contribution in [0.3, 0.4) is 0 Å². The molecule has 0 bridgehead atoms. The van der Waals surface area contributed by atoms with Crippen molar-refractivity contribution in [2.75, 3.05) is 5.73 Å². The van der Waals surface area contributed by atoms with E-state index < -0.39 is 0 Å². The van der Waals surface area contributed by atoms with Gasteiger partial charge in [-0.3, -0.25) is 14.8 Å². The van der Waals surface area contributed by atoms with Crippen LogP contribution in [0.1, 0.15) is 11.1 Å². The number of hydrogen-bond acceptors (Lipinski definition) is 5. The molecule has 0 unspecified atom stereocenters. The van der Waals surface area contributed by atoms with Crippen LogP contribution >= 0.6 is 11.8 Å². The molecule has 7 nitrogen and oxygen atoms in total. The highest BCUT2D eigenvalue weighted by Gasteiger charge is 2.15. The van der Waals surface area contributed by atoms with Gasteiger partial charge in [0.25, 0.3) is 16.7 Å². The number of thioether (sulfide) groups is 1. The Bertz CT molecular complexity index is 890. The van der Waals surface area contributed by atoms with Crippen LogP contribution in [-0.4, -0.2) is 15.0 Å². The Balaban J connectivity index is 1.80. The zero-order chi connectivity index (χ0) is 14.8. The number of aromatic nitrogens is 4. The van der Waals surface area contributed by atoms with Crippen LogP contribution in [0.4, 0.5) is 5.95 Å². The van der Waals surface area contributed by atoms with Gasteiger partial charge in [0.15, 0.2) is 0 Å². The van der Waals surface area contributed by atoms with Crippen LogP contribution in [0.25, 0.3) is 11.2 Å². The van der Waals surface area contributed by atoms with E-state index in [1.165, 1.54) is 11.8 Å². The Kier molecular flexibility index (Phi) is 3.33. The van der Waals surface area contributed by atoms with E-state index in [1.54, 1.807) is 12.1 Å². The topological polar surface area (TPSA) is 125 Å². The molecule has 2 aromatic heterocycles. The third kappa shape index (κ3) is 2.73. The van der Waals surface area contributed by atoms with Crippen molar-refractivity contribution in [3.63, 3.8) is 0 Å². The summed E-state index contributed by atoms with van der Waals surface area (Å²) >= 11 is 1.50. The van der Waals surface area contributed by atoms with Crippen molar-refractivity contribution < 1.29 is 4.98 Å². The fourth-order valence-corrected chi connectivity index (χ4v) is 2.70. The van der Waals surface area contributed by atoms with E-state index in [9.17, 15) is 4.79 Å². The van der Waals surface area contributed by atoms with Gasteiger partial charge in [0.2, 0.25) is 5.52 Å². The third-order valence-electron chi connectivity index (χ3n) is 2.87. The number of nitrogen functional groups attached to an aromatic ring is 1. The molecule has 0 aliphatic heterocycles. The highest BCUT2D eigenvalue weighted by Crippen LogP contribution is 2.19. The average Bonchev–Trinajstić information content (AvgIpc) is 2.89. The Morgan fingerprint density at radius 3 is 2.81 bits per heavy atom. The summed E-state index contributed by atoms with van der Waals surface area (Å²) < 4.78 is 0. The first-order valence-electron chi connectivity index (χ1n) is 6.08. The maximum Gasteiger partial charge on any atom is 0.310 e. The largest absolute Gasteiger partial charge is 0.355 e. The first-order valence-corrected chi connectivity index (χ1v) is 7.07. The molecule has 0 fully saturated rings. The van der Waals surface area contributed by atoms with Crippen LogP contribution in [0.2, 0.25) is 0 Å². The van der Waals surface area contributed by atoms with Crippen molar-refractivity contribution >= 4 is 28.9 Å². The molecular formula is C13H11N6OS+. The zero-order valence-corrected chi connectivity index (χ0v) is 11.6. The van der Waals surface area contributed by atoms with Crippen LogP contribution < -0.4 is 16.3 Å². The van der Waals surface area contributed by atoms with Crippen LogP contribution in [0.15, 0.2) is 34.2 Å². The fourth-order valence-electron chi connectivity index (χ4n) is 1.85. The molecule has 21 heavy (non-hydrogen) atoms. The summed E-state index contributed by atoms with van der Waals surface area (Å²) in [7, 11) is 0. The van der Waals surface area contributed by atoms with Gasteiger partial charge in [-0.15, -0.1) is 0 Å². The second-order valence-corrected chi connectivity index (χ2v) is 5.34. The molecule has 3 rings (SSSR count). The monoisotopic (exact) mass is 299 g/mol. The Morgan fingerprint density at radius 1 is 1.33 bits per heavy atom. The number of nitrogens with one attached hydrogen (secondary N) is 3. The molecular weight excluding hydrogens is 288 g/mol. The zero-order valence-electron chi connectivity index (χ0n) is 10.8. The van der Waals surface area contributed by atoms with Crippen molar-refractivity contribution in [1.82, 2.24) is 15.0 Å². The van der Waals surface area contributed by atoms with E-state index in [2.05, 4.69) is 26.0 Å². The summed E-state index contributed by atoms with van der Waals surface area (Å²) in [4.78, 5) is 24.1. The molecule has 0 aliphatic rings. The van der Waals surface area contributed by atoms with Gasteiger partial charge in [-0.25, -0.2) is 4.98 Å². The summed E-state index contributed by atoms with van der Waals surface area (Å²) in [5.41, 5.74) is 7.69. The van der Waals surface area contributed by atoms with Crippen molar-refractivity contribution in [3.8, 4) is 6.07 Å². The minimum atomic E-state index is -0.307. The van der Waals surface area contributed by atoms with Crippen molar-refractivity contribution in [2.24, 2.45) is 0 Å². The lowest BCUT2D eigenvalue weighted by molar-refractivity contribution is -0.398. The molecule has 0 saturated carbocycles. The number of nitrogens with two attached hydrogens (primary N) is 1. The van der Waals surface area contributed by atoms with E-state index in [-0.39, 0.29) is 11.5 Å². The first kappa shape index (κ1) is 13.2. The van der Waals surface area contributed by atoms with E-state index >= 15 is 0 Å². The van der Waals surface area contributed by atoms with Crippen LogP contribution in [0.5, 0.6) is 0 Å². The number of aromatic amines is 3. The van der Waals surface area contributed by atoms with Crippen molar-refractivity contribution in [3.05, 3.63) is 45.7 Å². The minimum Gasteiger partial charge on any atom is -0.355 e. The number of nitriles is 1. The van der Waals surface area contributed by atoms with Gasteiger partial charge >= 0.3 is 5.65 Å². The molecule has 3 aromatic rings. The summed E-state index contributed by atoms with van der Waals surface area (Å²) in [5, 5.41) is 9.47. The lowest BCUT2D eigenvalue weighted by atomic mass is 10.2. The standard InChI is InChI=1S/C13H10N6OS/c14-5-7-1-3-8(4-2-7)6-21-13-16-9-10(18-13)17-12(15)19-11(9)20/h1-4H,6H2,(H4,15,16,17,18,19,20)/p+1. The van der Waals surface area contributed by atoms with Gasteiger partial charge in [0.1, 0.15) is 0 Å². The van der Waals surface area contributed by atoms with E-state index in [1.807, 2.05) is 12.1 Å². The number of rotatable bonds is 3. The molecule has 0 atom stereocenters. The number of anilines is 1. The number of H-pyrrole nitrogens is 3. The number of nitrogens with zero attached hydrogens (tertiary/aromatic N) is 2. The second kappa shape index (κ2) is 5.30. The first-order chi connectivity index (χ1) is 10.2. The molecule has 0 radical (unpaired) electrons. The second-order valence-electron chi connectivity index (χ2n) is 4.35. The summed E-state index contributed by atoms with van der Waals surface area (Å²) in [6, 6.07) is 9.43. The highest BCUT2D eigenvalue weighted by molar-refractivity contribution is 7.98. The van der Waals surface area contributed by atoms with E-state index in [4.69, 9.17) is 11.0 Å². The Hall–Kier alpha value is -2.79. The molecule has 104 valence electrons. The highest BCUT2D eigenvalue weighted by atomic mass is 32.2. The number of imidazole rings is 1. The summed E-state index contributed by atoms with van der Waals surface area (Å²) in [6.07, 6.45) is 0. The summed E-state index contributed by atoms with van der Waals surface area (Å²) in [6.45, 7) is 0.